The van der Waals surface area contributed by atoms with E-state index in [2.05, 4.69) is 10.2 Å². The van der Waals surface area contributed by atoms with Crippen LogP contribution >= 0.6 is 11.8 Å². The van der Waals surface area contributed by atoms with E-state index in [-0.39, 0.29) is 18.0 Å². The molecule has 0 bridgehead atoms. The molecular formula is C16H22N2O2S. The van der Waals surface area contributed by atoms with Crippen LogP contribution in [0.3, 0.4) is 0 Å². The first-order valence-corrected chi connectivity index (χ1v) is 8.75. The Morgan fingerprint density at radius 2 is 2.14 bits per heavy atom. The van der Waals surface area contributed by atoms with E-state index in [9.17, 15) is 4.79 Å². The fourth-order valence-electron chi connectivity index (χ4n) is 2.91. The van der Waals surface area contributed by atoms with Gasteiger partial charge in [-0.2, -0.15) is 11.8 Å². The predicted molar refractivity (Wildman–Crippen MR) is 85.8 cm³/mol. The van der Waals surface area contributed by atoms with Crippen LogP contribution in [0.25, 0.3) is 0 Å². The van der Waals surface area contributed by atoms with Gasteiger partial charge in [-0.25, -0.2) is 0 Å². The molecule has 2 aliphatic heterocycles. The first kappa shape index (κ1) is 14.7. The number of carbonyl (C=O) groups excluding carboxylic acids is 1. The molecule has 2 heterocycles. The first-order chi connectivity index (χ1) is 10.3. The summed E-state index contributed by atoms with van der Waals surface area (Å²) in [5.41, 5.74) is 1.10. The second-order valence-corrected chi connectivity index (χ2v) is 6.79. The smallest absolute Gasteiger partial charge is 0.237 e. The molecule has 0 aliphatic carbocycles. The van der Waals surface area contributed by atoms with Crippen LogP contribution in [-0.4, -0.2) is 48.1 Å². The maximum Gasteiger partial charge on any atom is 0.237 e. The van der Waals surface area contributed by atoms with Gasteiger partial charge in [0.15, 0.2) is 0 Å². The lowest BCUT2D eigenvalue weighted by atomic mass is 10.00. The van der Waals surface area contributed by atoms with Crippen LogP contribution in [0.2, 0.25) is 0 Å². The summed E-state index contributed by atoms with van der Waals surface area (Å²) in [6.45, 7) is 4.68. The minimum atomic E-state index is -0.0547. The number of rotatable bonds is 3. The van der Waals surface area contributed by atoms with Crippen molar-refractivity contribution in [1.82, 2.24) is 10.2 Å². The van der Waals surface area contributed by atoms with Gasteiger partial charge >= 0.3 is 0 Å². The van der Waals surface area contributed by atoms with E-state index in [1.165, 1.54) is 0 Å². The van der Waals surface area contributed by atoms with Gasteiger partial charge in [0.1, 0.15) is 5.75 Å². The Labute approximate surface area is 130 Å². The van der Waals surface area contributed by atoms with E-state index in [1.807, 2.05) is 43.0 Å². The highest BCUT2D eigenvalue weighted by atomic mass is 32.2. The molecule has 114 valence electrons. The van der Waals surface area contributed by atoms with Gasteiger partial charge in [0.2, 0.25) is 5.91 Å². The SMILES string of the molecule is C[C@H](C(=O)N[C@H]1CCOc2ccccc21)N1CCSCC1. The highest BCUT2D eigenvalue weighted by Crippen LogP contribution is 2.31. The van der Waals surface area contributed by atoms with E-state index in [4.69, 9.17) is 4.74 Å². The summed E-state index contributed by atoms with van der Waals surface area (Å²) >= 11 is 1.96. The number of carbonyl (C=O) groups is 1. The van der Waals surface area contributed by atoms with Crippen molar-refractivity contribution in [3.8, 4) is 5.75 Å². The molecule has 3 rings (SSSR count). The molecule has 1 saturated heterocycles. The second-order valence-electron chi connectivity index (χ2n) is 5.56. The van der Waals surface area contributed by atoms with Crippen LogP contribution in [0.4, 0.5) is 0 Å². The van der Waals surface area contributed by atoms with Gasteiger partial charge < -0.3 is 10.1 Å². The molecule has 2 aliphatic rings. The second kappa shape index (κ2) is 6.71. The molecule has 2 atom stereocenters. The Morgan fingerprint density at radius 1 is 1.38 bits per heavy atom. The molecule has 1 aromatic carbocycles. The number of para-hydroxylation sites is 1. The third-order valence-corrected chi connectivity index (χ3v) is 5.19. The standard InChI is InChI=1S/C16H22N2O2S/c1-12(18-7-10-21-11-8-18)16(19)17-14-6-9-20-15-5-3-2-4-13(14)15/h2-5,12,14H,6-11H2,1H3,(H,17,19)/t12-,14+/m1/s1. The molecule has 5 heteroatoms. The molecule has 0 unspecified atom stereocenters. The number of ether oxygens (including phenoxy) is 1. The number of thioether (sulfide) groups is 1. The first-order valence-electron chi connectivity index (χ1n) is 7.59. The molecule has 1 aromatic rings. The number of benzene rings is 1. The normalized spacial score (nSPS) is 23.8. The zero-order chi connectivity index (χ0) is 14.7. The Balaban J connectivity index is 1.65. The van der Waals surface area contributed by atoms with Crippen LogP contribution in [-0.2, 0) is 4.79 Å². The van der Waals surface area contributed by atoms with Gasteiger partial charge in [-0.3, -0.25) is 9.69 Å². The number of hydrogen-bond acceptors (Lipinski definition) is 4. The third-order valence-electron chi connectivity index (χ3n) is 4.25. The lowest BCUT2D eigenvalue weighted by Gasteiger charge is -2.33. The number of nitrogens with one attached hydrogen (secondary N) is 1. The molecule has 1 fully saturated rings. The summed E-state index contributed by atoms with van der Waals surface area (Å²) < 4.78 is 5.65. The lowest BCUT2D eigenvalue weighted by Crippen LogP contribution is -2.49. The summed E-state index contributed by atoms with van der Waals surface area (Å²) in [7, 11) is 0. The zero-order valence-electron chi connectivity index (χ0n) is 12.4. The number of fused-ring (bicyclic) bond motifs is 1. The van der Waals surface area contributed by atoms with Crippen molar-refractivity contribution in [3.05, 3.63) is 29.8 Å². The fourth-order valence-corrected chi connectivity index (χ4v) is 3.85. The Kier molecular flexibility index (Phi) is 4.70. The number of hydrogen-bond donors (Lipinski definition) is 1. The molecule has 1 amide bonds. The van der Waals surface area contributed by atoms with Crippen LogP contribution in [0.5, 0.6) is 5.75 Å². The van der Waals surface area contributed by atoms with Crippen molar-refractivity contribution in [2.45, 2.75) is 25.4 Å². The Hall–Kier alpha value is -1.20. The van der Waals surface area contributed by atoms with E-state index < -0.39 is 0 Å². The lowest BCUT2D eigenvalue weighted by molar-refractivity contribution is -0.126. The molecule has 4 nitrogen and oxygen atoms in total. The van der Waals surface area contributed by atoms with E-state index in [1.54, 1.807) is 0 Å². The summed E-state index contributed by atoms with van der Waals surface area (Å²) in [6, 6.07) is 8.00. The average Bonchev–Trinajstić information content (AvgIpc) is 2.55. The molecular weight excluding hydrogens is 284 g/mol. The van der Waals surface area contributed by atoms with E-state index in [0.29, 0.717) is 6.61 Å². The van der Waals surface area contributed by atoms with Gasteiger partial charge in [-0.05, 0) is 13.0 Å². The minimum absolute atomic E-state index is 0.0547. The maximum absolute atomic E-state index is 12.5. The predicted octanol–water partition coefficient (Wildman–Crippen LogP) is 2.06. The average molecular weight is 306 g/mol. The Morgan fingerprint density at radius 3 is 2.95 bits per heavy atom. The molecule has 21 heavy (non-hydrogen) atoms. The summed E-state index contributed by atoms with van der Waals surface area (Å²) in [5, 5.41) is 3.20. The van der Waals surface area contributed by atoms with E-state index >= 15 is 0 Å². The largest absolute Gasteiger partial charge is 0.493 e. The number of amides is 1. The zero-order valence-corrected chi connectivity index (χ0v) is 13.2. The molecule has 0 spiro atoms. The van der Waals surface area contributed by atoms with Gasteiger partial charge in [0, 0.05) is 36.6 Å². The van der Waals surface area contributed by atoms with Gasteiger partial charge in [-0.15, -0.1) is 0 Å². The van der Waals surface area contributed by atoms with Crippen molar-refractivity contribution < 1.29 is 9.53 Å². The molecule has 1 N–H and O–H groups in total. The molecule has 0 saturated carbocycles. The highest BCUT2D eigenvalue weighted by Gasteiger charge is 2.27. The topological polar surface area (TPSA) is 41.6 Å². The molecule has 0 radical (unpaired) electrons. The number of nitrogens with zero attached hydrogens (tertiary/aromatic N) is 1. The monoisotopic (exact) mass is 306 g/mol. The maximum atomic E-state index is 12.5. The summed E-state index contributed by atoms with van der Waals surface area (Å²) in [4.78, 5) is 14.8. The van der Waals surface area contributed by atoms with Gasteiger partial charge in [0.25, 0.3) is 0 Å². The minimum Gasteiger partial charge on any atom is -0.493 e. The fraction of sp³-hybridized carbons (Fsp3) is 0.562. The van der Waals surface area contributed by atoms with Crippen LogP contribution in [0.15, 0.2) is 24.3 Å². The van der Waals surface area contributed by atoms with E-state index in [0.717, 1.165) is 42.3 Å². The van der Waals surface area contributed by atoms with Gasteiger partial charge in [-0.1, -0.05) is 18.2 Å². The van der Waals surface area contributed by atoms with Crippen molar-refractivity contribution >= 4 is 17.7 Å². The van der Waals surface area contributed by atoms with Crippen molar-refractivity contribution in [3.63, 3.8) is 0 Å². The highest BCUT2D eigenvalue weighted by molar-refractivity contribution is 7.99. The van der Waals surface area contributed by atoms with Crippen LogP contribution < -0.4 is 10.1 Å². The van der Waals surface area contributed by atoms with Crippen LogP contribution in [0.1, 0.15) is 24.9 Å². The summed E-state index contributed by atoms with van der Waals surface area (Å²) in [5.74, 6) is 3.27. The van der Waals surface area contributed by atoms with Crippen molar-refractivity contribution in [2.24, 2.45) is 0 Å². The van der Waals surface area contributed by atoms with Gasteiger partial charge in [0.05, 0.1) is 18.7 Å². The third kappa shape index (κ3) is 3.35. The quantitative estimate of drug-likeness (QED) is 0.928. The van der Waals surface area contributed by atoms with Crippen molar-refractivity contribution in [2.75, 3.05) is 31.2 Å². The Bertz CT molecular complexity index is 503. The van der Waals surface area contributed by atoms with Crippen molar-refractivity contribution in [1.29, 1.82) is 0 Å². The summed E-state index contributed by atoms with van der Waals surface area (Å²) in [6.07, 6.45) is 0.839. The molecule has 0 aromatic heterocycles. The van der Waals surface area contributed by atoms with Crippen LogP contribution in [0, 0.1) is 0 Å².